The molecule has 0 radical (unpaired) electrons. The van der Waals surface area contributed by atoms with E-state index < -0.39 is 0 Å². The summed E-state index contributed by atoms with van der Waals surface area (Å²) in [6, 6.07) is 0. The Morgan fingerprint density at radius 2 is 2.24 bits per heavy atom. The highest BCUT2D eigenvalue weighted by molar-refractivity contribution is 8.00. The van der Waals surface area contributed by atoms with Gasteiger partial charge in [0.05, 0.1) is 7.11 Å². The van der Waals surface area contributed by atoms with Gasteiger partial charge in [-0.15, -0.1) is 0 Å². The third-order valence-corrected chi connectivity index (χ3v) is 3.53. The van der Waals surface area contributed by atoms with Gasteiger partial charge in [-0.1, -0.05) is 32.5 Å². The maximum absolute atomic E-state index is 11.7. The highest BCUT2D eigenvalue weighted by Gasteiger charge is 2.27. The topological polar surface area (TPSA) is 44.1 Å². The van der Waals surface area contributed by atoms with Crippen LogP contribution in [0.1, 0.15) is 27.2 Å². The van der Waals surface area contributed by atoms with Crippen LogP contribution in [0.3, 0.4) is 0 Å². The molecule has 0 N–H and O–H groups in total. The molecule has 0 aromatic carbocycles. The Hall–Kier alpha value is -0.970. The van der Waals surface area contributed by atoms with Crippen LogP contribution in [0.2, 0.25) is 0 Å². The molecule has 17 heavy (non-hydrogen) atoms. The fourth-order valence-corrected chi connectivity index (χ4v) is 2.83. The minimum Gasteiger partial charge on any atom is -0.468 e. The van der Waals surface area contributed by atoms with Crippen LogP contribution in [0, 0.1) is 5.41 Å². The number of aromatic nitrogens is 2. The molecule has 0 amide bonds. The predicted octanol–water partition coefficient (Wildman–Crippen LogP) is 2.49. The summed E-state index contributed by atoms with van der Waals surface area (Å²) in [5.41, 5.74) is 0.0804. The largest absolute Gasteiger partial charge is 0.468 e. The Balaban J connectivity index is 2.78. The van der Waals surface area contributed by atoms with E-state index >= 15 is 0 Å². The lowest BCUT2D eigenvalue weighted by Crippen LogP contribution is -2.25. The number of hydrogen-bond donors (Lipinski definition) is 0. The van der Waals surface area contributed by atoms with Crippen LogP contribution >= 0.6 is 11.8 Å². The van der Waals surface area contributed by atoms with Crippen molar-refractivity contribution in [2.45, 2.75) is 37.6 Å². The summed E-state index contributed by atoms with van der Waals surface area (Å²) in [6.07, 6.45) is 4.36. The van der Waals surface area contributed by atoms with E-state index in [2.05, 4.69) is 25.8 Å². The van der Waals surface area contributed by atoms with Gasteiger partial charge >= 0.3 is 5.97 Å². The predicted molar refractivity (Wildman–Crippen MR) is 68.9 cm³/mol. The molecular weight excluding hydrogens is 236 g/mol. The molecule has 0 fully saturated rings. The van der Waals surface area contributed by atoms with E-state index in [1.54, 1.807) is 6.20 Å². The second-order valence-corrected chi connectivity index (χ2v) is 6.39. The van der Waals surface area contributed by atoms with Gasteiger partial charge in [-0.3, -0.25) is 4.79 Å². The summed E-state index contributed by atoms with van der Waals surface area (Å²) in [6.45, 7) is 6.34. The van der Waals surface area contributed by atoms with Crippen molar-refractivity contribution in [3.05, 3.63) is 12.4 Å². The molecular formula is C12H20N2O2S. The molecule has 0 unspecified atom stereocenters. The molecule has 1 atom stereocenters. The number of esters is 1. The van der Waals surface area contributed by atoms with E-state index in [1.807, 2.05) is 17.8 Å². The first-order chi connectivity index (χ1) is 7.83. The molecule has 0 aliphatic rings. The van der Waals surface area contributed by atoms with Gasteiger partial charge in [0.15, 0.2) is 5.16 Å². The van der Waals surface area contributed by atoms with Gasteiger partial charge in [0.25, 0.3) is 0 Å². The van der Waals surface area contributed by atoms with E-state index in [0.29, 0.717) is 0 Å². The Morgan fingerprint density at radius 1 is 1.59 bits per heavy atom. The maximum Gasteiger partial charge on any atom is 0.319 e. The van der Waals surface area contributed by atoms with Gasteiger partial charge in [-0.25, -0.2) is 4.98 Å². The maximum atomic E-state index is 11.7. The molecule has 4 nitrogen and oxygen atoms in total. The zero-order chi connectivity index (χ0) is 13.1. The SMILES string of the molecule is COC(=O)[C@H](CC(C)(C)C)Sc1nccn1C. The molecule has 1 aromatic rings. The van der Waals surface area contributed by atoms with Crippen molar-refractivity contribution in [3.8, 4) is 0 Å². The number of aryl methyl sites for hydroxylation is 1. The lowest BCUT2D eigenvalue weighted by Gasteiger charge is -2.23. The molecule has 0 bridgehead atoms. The number of nitrogens with zero attached hydrogens (tertiary/aromatic N) is 2. The molecule has 0 aliphatic carbocycles. The van der Waals surface area contributed by atoms with Crippen molar-refractivity contribution in [2.24, 2.45) is 12.5 Å². The van der Waals surface area contributed by atoms with Crippen molar-refractivity contribution in [1.29, 1.82) is 0 Å². The second kappa shape index (κ2) is 5.58. The summed E-state index contributed by atoms with van der Waals surface area (Å²) in [7, 11) is 3.34. The van der Waals surface area contributed by atoms with Gasteiger partial charge in [-0.05, 0) is 11.8 Å². The molecule has 1 aromatic heterocycles. The summed E-state index contributed by atoms with van der Waals surface area (Å²) in [4.78, 5) is 16.0. The van der Waals surface area contributed by atoms with Crippen molar-refractivity contribution < 1.29 is 9.53 Å². The van der Waals surface area contributed by atoms with Crippen LogP contribution < -0.4 is 0 Å². The van der Waals surface area contributed by atoms with E-state index in [1.165, 1.54) is 18.9 Å². The van der Waals surface area contributed by atoms with Gasteiger partial charge in [0.2, 0.25) is 0 Å². The fraction of sp³-hybridized carbons (Fsp3) is 0.667. The number of imidazole rings is 1. The third-order valence-electron chi connectivity index (χ3n) is 2.29. The second-order valence-electron chi connectivity index (χ2n) is 5.22. The van der Waals surface area contributed by atoms with Gasteiger partial charge in [-0.2, -0.15) is 0 Å². The number of hydrogen-bond acceptors (Lipinski definition) is 4. The van der Waals surface area contributed by atoms with E-state index in [0.717, 1.165) is 11.6 Å². The lowest BCUT2D eigenvalue weighted by molar-refractivity contribution is -0.140. The monoisotopic (exact) mass is 256 g/mol. The van der Waals surface area contributed by atoms with E-state index in [-0.39, 0.29) is 16.6 Å². The molecule has 1 rings (SSSR count). The molecule has 0 saturated heterocycles. The molecule has 0 saturated carbocycles. The van der Waals surface area contributed by atoms with Crippen LogP contribution in [0.5, 0.6) is 0 Å². The number of methoxy groups -OCH3 is 1. The number of carbonyl (C=O) groups is 1. The zero-order valence-electron chi connectivity index (χ0n) is 11.1. The average Bonchev–Trinajstić information content (AvgIpc) is 2.60. The first-order valence-corrected chi connectivity index (χ1v) is 6.43. The highest BCUT2D eigenvalue weighted by Crippen LogP contribution is 2.32. The van der Waals surface area contributed by atoms with Gasteiger partial charge in [0.1, 0.15) is 5.25 Å². The van der Waals surface area contributed by atoms with Crippen LogP contribution in [-0.4, -0.2) is 27.9 Å². The average molecular weight is 256 g/mol. The van der Waals surface area contributed by atoms with Crippen LogP contribution in [0.4, 0.5) is 0 Å². The van der Waals surface area contributed by atoms with E-state index in [4.69, 9.17) is 4.74 Å². The quantitative estimate of drug-likeness (QED) is 0.613. The molecule has 96 valence electrons. The fourth-order valence-electron chi connectivity index (χ4n) is 1.45. The number of thioether (sulfide) groups is 1. The number of ether oxygens (including phenoxy) is 1. The van der Waals surface area contributed by atoms with E-state index in [9.17, 15) is 4.79 Å². The minimum atomic E-state index is -0.207. The lowest BCUT2D eigenvalue weighted by atomic mass is 9.90. The summed E-state index contributed by atoms with van der Waals surface area (Å²) >= 11 is 1.46. The summed E-state index contributed by atoms with van der Waals surface area (Å²) in [5, 5.41) is 0.630. The van der Waals surface area contributed by atoms with Crippen molar-refractivity contribution >= 4 is 17.7 Å². The summed E-state index contributed by atoms with van der Waals surface area (Å²) < 4.78 is 6.76. The smallest absolute Gasteiger partial charge is 0.319 e. The minimum absolute atomic E-state index is 0.0804. The highest BCUT2D eigenvalue weighted by atomic mass is 32.2. The molecule has 1 heterocycles. The number of rotatable bonds is 4. The van der Waals surface area contributed by atoms with Crippen molar-refractivity contribution in [1.82, 2.24) is 9.55 Å². The van der Waals surface area contributed by atoms with Crippen LogP contribution in [0.25, 0.3) is 0 Å². The number of carbonyl (C=O) groups excluding carboxylic acids is 1. The zero-order valence-corrected chi connectivity index (χ0v) is 11.9. The first kappa shape index (κ1) is 14.1. The van der Waals surface area contributed by atoms with Crippen LogP contribution in [-0.2, 0) is 16.6 Å². The Morgan fingerprint density at radius 3 is 2.65 bits per heavy atom. The Bertz CT molecular complexity index is 382. The van der Waals surface area contributed by atoms with Crippen molar-refractivity contribution in [2.75, 3.05) is 7.11 Å². The molecule has 0 spiro atoms. The Kier molecular flexibility index (Phi) is 4.62. The summed E-state index contributed by atoms with van der Waals surface area (Å²) in [5.74, 6) is -0.187. The van der Waals surface area contributed by atoms with Gasteiger partial charge < -0.3 is 9.30 Å². The van der Waals surface area contributed by atoms with Gasteiger partial charge in [0, 0.05) is 19.4 Å². The normalized spacial score (nSPS) is 13.5. The Labute approximate surface area is 107 Å². The standard InChI is InChI=1S/C12H20N2O2S/c1-12(2,3)8-9(10(15)16-5)17-11-13-6-7-14(11)4/h6-7,9H,8H2,1-5H3/t9-/m0/s1. The molecule has 0 aliphatic heterocycles. The third kappa shape index (κ3) is 4.42. The van der Waals surface area contributed by atoms with Crippen molar-refractivity contribution in [3.63, 3.8) is 0 Å². The van der Waals surface area contributed by atoms with Crippen LogP contribution in [0.15, 0.2) is 17.6 Å². The first-order valence-electron chi connectivity index (χ1n) is 5.55. The molecule has 5 heteroatoms.